The van der Waals surface area contributed by atoms with Crippen LogP contribution in [-0.4, -0.2) is 76.3 Å². The standard InChI is InChI=1S/C37H52O9/c38-29(32-6-24-2-25(7-32)11-34(40,10-24)16-32)43-18-31(19-44-30(39)33-8-26-3-27(9-33)13-35(41,12-26)17-33)20-45-37(46-21-31)28-4-22-1-23(5-28)15-36(37,42)14-22/h22-28,40-42H,1-21H2. The van der Waals surface area contributed by atoms with E-state index < -0.39 is 38.8 Å². The number of ether oxygens (including phenoxy) is 4. The van der Waals surface area contributed by atoms with Gasteiger partial charge in [-0.3, -0.25) is 9.59 Å². The Hall–Kier alpha value is -1.26. The second-order valence-corrected chi connectivity index (χ2v) is 19.4. The predicted molar refractivity (Wildman–Crippen MR) is 162 cm³/mol. The van der Waals surface area contributed by atoms with Gasteiger partial charge in [0.1, 0.15) is 18.8 Å². The van der Waals surface area contributed by atoms with Crippen molar-refractivity contribution >= 4 is 11.9 Å². The van der Waals surface area contributed by atoms with Gasteiger partial charge in [0.25, 0.3) is 0 Å². The van der Waals surface area contributed by atoms with Crippen molar-refractivity contribution in [2.75, 3.05) is 26.4 Å². The summed E-state index contributed by atoms with van der Waals surface area (Å²) in [6, 6.07) is 0. The fourth-order valence-corrected chi connectivity index (χ4v) is 14.9. The Kier molecular flexibility index (Phi) is 5.99. The van der Waals surface area contributed by atoms with E-state index in [4.69, 9.17) is 18.9 Å². The topological polar surface area (TPSA) is 132 Å². The molecule has 0 amide bonds. The quantitative estimate of drug-likeness (QED) is 0.368. The molecule has 12 saturated carbocycles. The summed E-state index contributed by atoms with van der Waals surface area (Å²) in [5.41, 5.74) is -4.77. The van der Waals surface area contributed by atoms with Gasteiger partial charge in [-0.25, -0.2) is 0 Å². The number of rotatable bonds is 6. The lowest BCUT2D eigenvalue weighted by atomic mass is 9.48. The normalized spacial score (nSPS) is 58.5. The number of carbonyl (C=O) groups excluding carboxylic acids is 2. The third-order valence-corrected chi connectivity index (χ3v) is 15.5. The lowest BCUT2D eigenvalue weighted by Gasteiger charge is -2.65. The maximum atomic E-state index is 14.0. The van der Waals surface area contributed by atoms with E-state index in [9.17, 15) is 24.9 Å². The monoisotopic (exact) mass is 640 g/mol. The molecule has 13 aliphatic rings. The van der Waals surface area contributed by atoms with Gasteiger partial charge >= 0.3 is 11.9 Å². The van der Waals surface area contributed by atoms with Crippen LogP contribution in [0.4, 0.5) is 0 Å². The van der Waals surface area contributed by atoms with Crippen LogP contribution in [0.25, 0.3) is 0 Å². The summed E-state index contributed by atoms with van der Waals surface area (Å²) in [5.74, 6) is 1.05. The van der Waals surface area contributed by atoms with Gasteiger partial charge in [0.2, 0.25) is 0 Å². The Labute approximate surface area is 271 Å². The van der Waals surface area contributed by atoms with Crippen LogP contribution < -0.4 is 0 Å². The number of hydrogen-bond acceptors (Lipinski definition) is 9. The molecule has 9 nitrogen and oxygen atoms in total. The Bertz CT molecular complexity index is 1220. The maximum Gasteiger partial charge on any atom is 0.312 e. The summed E-state index contributed by atoms with van der Waals surface area (Å²) >= 11 is 0. The van der Waals surface area contributed by atoms with Gasteiger partial charge in [0.05, 0.1) is 40.7 Å². The molecule has 1 spiro atoms. The Morgan fingerprint density at radius 3 is 1.37 bits per heavy atom. The van der Waals surface area contributed by atoms with E-state index in [1.165, 1.54) is 6.42 Å². The third kappa shape index (κ3) is 4.16. The van der Waals surface area contributed by atoms with E-state index in [1.807, 2.05) is 0 Å². The van der Waals surface area contributed by atoms with Gasteiger partial charge in [0.15, 0.2) is 5.79 Å². The molecule has 1 saturated heterocycles. The number of esters is 2. The van der Waals surface area contributed by atoms with Crippen LogP contribution in [0.5, 0.6) is 0 Å². The van der Waals surface area contributed by atoms with Gasteiger partial charge < -0.3 is 34.3 Å². The van der Waals surface area contributed by atoms with Crippen LogP contribution in [0, 0.1) is 57.7 Å². The molecular weight excluding hydrogens is 588 g/mol. The van der Waals surface area contributed by atoms with Crippen LogP contribution in [0.1, 0.15) is 109 Å². The highest BCUT2D eigenvalue weighted by Crippen LogP contribution is 2.65. The first-order valence-electron chi connectivity index (χ1n) is 18.6. The molecule has 0 radical (unpaired) electrons. The van der Waals surface area contributed by atoms with E-state index >= 15 is 0 Å². The lowest BCUT2D eigenvalue weighted by Crippen LogP contribution is -2.74. The highest BCUT2D eigenvalue weighted by atomic mass is 16.7. The van der Waals surface area contributed by atoms with Crippen molar-refractivity contribution in [1.82, 2.24) is 0 Å². The molecule has 1 aliphatic heterocycles. The second-order valence-electron chi connectivity index (χ2n) is 19.4. The minimum atomic E-state index is -1.07. The highest BCUT2D eigenvalue weighted by Gasteiger charge is 2.70. The zero-order valence-electron chi connectivity index (χ0n) is 27.2. The molecule has 9 heteroatoms. The fraction of sp³-hybridized carbons (Fsp3) is 0.946. The Morgan fingerprint density at radius 1 is 0.565 bits per heavy atom. The van der Waals surface area contributed by atoms with E-state index in [1.54, 1.807) is 0 Å². The van der Waals surface area contributed by atoms with Crippen LogP contribution in [0.15, 0.2) is 0 Å². The Balaban J connectivity index is 0.893. The molecule has 1 heterocycles. The average molecular weight is 641 g/mol. The minimum Gasteiger partial charge on any atom is -0.464 e. The molecule has 0 aromatic rings. The van der Waals surface area contributed by atoms with Gasteiger partial charge in [0, 0.05) is 5.92 Å². The molecule has 6 unspecified atom stereocenters. The third-order valence-electron chi connectivity index (χ3n) is 15.5. The average Bonchev–Trinajstić information content (AvgIpc) is 2.95. The van der Waals surface area contributed by atoms with Gasteiger partial charge in [-0.2, -0.15) is 0 Å². The first-order chi connectivity index (χ1) is 21.8. The van der Waals surface area contributed by atoms with E-state index in [-0.39, 0.29) is 44.3 Å². The molecule has 254 valence electrons. The highest BCUT2D eigenvalue weighted by molar-refractivity contribution is 5.78. The van der Waals surface area contributed by atoms with E-state index in [0.29, 0.717) is 61.2 Å². The zero-order valence-corrected chi connectivity index (χ0v) is 27.2. The smallest absolute Gasteiger partial charge is 0.312 e. The summed E-state index contributed by atoms with van der Waals surface area (Å²) in [4.78, 5) is 28.0. The van der Waals surface area contributed by atoms with Crippen molar-refractivity contribution < 1.29 is 43.9 Å². The van der Waals surface area contributed by atoms with Crippen LogP contribution in [0.3, 0.4) is 0 Å². The van der Waals surface area contributed by atoms with E-state index in [2.05, 4.69) is 0 Å². The summed E-state index contributed by atoms with van der Waals surface area (Å²) in [7, 11) is 0. The summed E-state index contributed by atoms with van der Waals surface area (Å²) in [6.45, 7) is 0.348. The zero-order chi connectivity index (χ0) is 31.4. The van der Waals surface area contributed by atoms with Crippen molar-refractivity contribution in [3.63, 3.8) is 0 Å². The van der Waals surface area contributed by atoms with Crippen LogP contribution in [0.2, 0.25) is 0 Å². The molecule has 0 aromatic carbocycles. The van der Waals surface area contributed by atoms with Gasteiger partial charge in [-0.15, -0.1) is 0 Å². The number of carbonyl (C=O) groups is 2. The molecule has 6 atom stereocenters. The van der Waals surface area contributed by atoms with Crippen LogP contribution in [-0.2, 0) is 28.5 Å². The Morgan fingerprint density at radius 2 is 0.978 bits per heavy atom. The molecule has 3 N–H and O–H groups in total. The summed E-state index contributed by atoms with van der Waals surface area (Å²) < 4.78 is 25.9. The number of hydrogen-bond donors (Lipinski definition) is 3. The summed E-state index contributed by atoms with van der Waals surface area (Å²) in [5, 5.41) is 34.5. The molecule has 13 fully saturated rings. The molecular formula is C37H52O9. The first-order valence-corrected chi connectivity index (χ1v) is 18.6. The fourth-order valence-electron chi connectivity index (χ4n) is 14.9. The summed E-state index contributed by atoms with van der Waals surface area (Å²) in [6.07, 6.45) is 13.9. The number of aliphatic hydroxyl groups is 3. The van der Waals surface area contributed by atoms with Crippen molar-refractivity contribution in [1.29, 1.82) is 0 Å². The SMILES string of the molecule is O=C(OCC1(COC(=O)C23CC4CC(CC(O)(C4)C2)C3)COC2(OC1)C1CC3CC(C1)CC2(O)C3)C12CC3CC(CC(O)(C3)C1)C2. The predicted octanol–water partition coefficient (Wildman–Crippen LogP) is 4.04. The van der Waals surface area contributed by atoms with Crippen molar-refractivity contribution in [2.24, 2.45) is 57.7 Å². The van der Waals surface area contributed by atoms with Gasteiger partial charge in [-0.05, 0) is 145 Å². The largest absolute Gasteiger partial charge is 0.464 e. The lowest BCUT2D eigenvalue weighted by molar-refractivity contribution is -0.426. The first kappa shape index (κ1) is 29.6. The molecule has 12 aliphatic carbocycles. The van der Waals surface area contributed by atoms with Crippen LogP contribution >= 0.6 is 0 Å². The maximum absolute atomic E-state index is 14.0. The van der Waals surface area contributed by atoms with Crippen molar-refractivity contribution in [2.45, 2.75) is 132 Å². The van der Waals surface area contributed by atoms with E-state index in [0.717, 1.165) is 77.0 Å². The van der Waals surface area contributed by atoms with Gasteiger partial charge in [-0.1, -0.05) is 0 Å². The van der Waals surface area contributed by atoms with Crippen molar-refractivity contribution in [3.05, 3.63) is 0 Å². The molecule has 46 heavy (non-hydrogen) atoms. The molecule has 12 bridgehead atoms. The second kappa shape index (κ2) is 9.29. The molecule has 0 aromatic heterocycles. The van der Waals surface area contributed by atoms with Crippen molar-refractivity contribution in [3.8, 4) is 0 Å². The minimum absolute atomic E-state index is 0.00123. The molecule has 13 rings (SSSR count).